The van der Waals surface area contributed by atoms with Crippen LogP contribution < -0.4 is 11.1 Å². The van der Waals surface area contributed by atoms with Crippen LogP contribution in [0.25, 0.3) is 0 Å². The Morgan fingerprint density at radius 3 is 2.53 bits per heavy atom. The van der Waals surface area contributed by atoms with Gasteiger partial charge in [-0.2, -0.15) is 0 Å². The summed E-state index contributed by atoms with van der Waals surface area (Å²) < 4.78 is 0. The van der Waals surface area contributed by atoms with E-state index >= 15 is 0 Å². The number of hydrogen-bond acceptors (Lipinski definition) is 2. The first kappa shape index (κ1) is 12.5. The first-order valence-electron chi connectivity index (χ1n) is 6.10. The largest absolute Gasteiger partial charge is 0.368 e. The van der Waals surface area contributed by atoms with Gasteiger partial charge in [0.15, 0.2) is 0 Å². The van der Waals surface area contributed by atoms with Crippen molar-refractivity contribution >= 4 is 5.91 Å². The van der Waals surface area contributed by atoms with Crippen molar-refractivity contribution < 1.29 is 4.79 Å². The molecule has 3 nitrogen and oxygen atoms in total. The molecule has 15 heavy (non-hydrogen) atoms. The van der Waals surface area contributed by atoms with Gasteiger partial charge in [-0.05, 0) is 37.5 Å². The topological polar surface area (TPSA) is 55.1 Å². The molecule has 1 aliphatic carbocycles. The summed E-state index contributed by atoms with van der Waals surface area (Å²) in [4.78, 5) is 11.1. The van der Waals surface area contributed by atoms with Gasteiger partial charge >= 0.3 is 0 Å². The van der Waals surface area contributed by atoms with E-state index in [4.69, 9.17) is 5.73 Å². The van der Waals surface area contributed by atoms with E-state index < -0.39 is 0 Å². The lowest BCUT2D eigenvalue weighted by atomic mass is 9.79. The zero-order valence-corrected chi connectivity index (χ0v) is 10.1. The lowest BCUT2D eigenvalue weighted by Gasteiger charge is -2.34. The van der Waals surface area contributed by atoms with Gasteiger partial charge in [-0.15, -0.1) is 0 Å². The summed E-state index contributed by atoms with van der Waals surface area (Å²) in [5, 5.41) is 3.38. The maximum Gasteiger partial charge on any atom is 0.234 e. The molecular weight excluding hydrogens is 188 g/mol. The Kier molecular flexibility index (Phi) is 4.58. The van der Waals surface area contributed by atoms with Crippen LogP contribution in [0.5, 0.6) is 0 Å². The normalized spacial score (nSPS) is 33.7. The molecule has 0 heterocycles. The molecule has 1 rings (SSSR count). The summed E-state index contributed by atoms with van der Waals surface area (Å²) in [5.41, 5.74) is 5.32. The molecule has 0 aromatic rings. The molecule has 1 saturated carbocycles. The second-order valence-electron chi connectivity index (χ2n) is 4.99. The van der Waals surface area contributed by atoms with Crippen molar-refractivity contribution in [1.29, 1.82) is 0 Å². The summed E-state index contributed by atoms with van der Waals surface area (Å²) in [6.07, 6.45) is 4.39. The van der Waals surface area contributed by atoms with Gasteiger partial charge in [0.1, 0.15) is 0 Å². The molecule has 4 unspecified atom stereocenters. The van der Waals surface area contributed by atoms with Crippen molar-refractivity contribution in [3.8, 4) is 0 Å². The first-order chi connectivity index (χ1) is 7.04. The molecule has 3 heteroatoms. The fraction of sp³-hybridized carbons (Fsp3) is 0.917. The van der Waals surface area contributed by atoms with Gasteiger partial charge < -0.3 is 11.1 Å². The van der Waals surface area contributed by atoms with Gasteiger partial charge in [-0.3, -0.25) is 4.79 Å². The lowest BCUT2D eigenvalue weighted by molar-refractivity contribution is -0.120. The number of nitrogens with two attached hydrogens (primary N) is 1. The molecule has 0 spiro atoms. The Labute approximate surface area is 92.8 Å². The molecule has 0 saturated heterocycles. The predicted molar refractivity (Wildman–Crippen MR) is 62.4 cm³/mol. The molecule has 0 bridgehead atoms. The van der Waals surface area contributed by atoms with Crippen molar-refractivity contribution in [2.24, 2.45) is 17.6 Å². The van der Waals surface area contributed by atoms with Crippen molar-refractivity contribution in [2.45, 2.75) is 58.5 Å². The Morgan fingerprint density at radius 1 is 1.40 bits per heavy atom. The van der Waals surface area contributed by atoms with E-state index in [9.17, 15) is 4.79 Å². The molecule has 0 radical (unpaired) electrons. The molecule has 3 N–H and O–H groups in total. The zero-order chi connectivity index (χ0) is 11.4. The van der Waals surface area contributed by atoms with E-state index in [0.29, 0.717) is 6.04 Å². The van der Waals surface area contributed by atoms with Crippen molar-refractivity contribution in [3.05, 3.63) is 0 Å². The molecule has 0 aromatic heterocycles. The number of nitrogens with one attached hydrogen (secondary N) is 1. The lowest BCUT2D eigenvalue weighted by Crippen LogP contribution is -2.48. The average Bonchev–Trinajstić information content (AvgIpc) is 2.19. The summed E-state index contributed by atoms with van der Waals surface area (Å²) in [7, 11) is 0. The van der Waals surface area contributed by atoms with Gasteiger partial charge in [-0.1, -0.05) is 20.8 Å². The van der Waals surface area contributed by atoms with E-state index in [-0.39, 0.29) is 11.9 Å². The Bertz CT molecular complexity index is 218. The maximum atomic E-state index is 11.1. The SMILES string of the molecule is CCC(NC1CCC(C)C(C)C1)C(N)=O. The van der Waals surface area contributed by atoms with Crippen molar-refractivity contribution in [1.82, 2.24) is 5.32 Å². The van der Waals surface area contributed by atoms with Crippen LogP contribution in [0.2, 0.25) is 0 Å². The quantitative estimate of drug-likeness (QED) is 0.744. The number of hydrogen-bond donors (Lipinski definition) is 2. The highest BCUT2D eigenvalue weighted by molar-refractivity contribution is 5.79. The third-order valence-corrected chi connectivity index (χ3v) is 3.79. The summed E-state index contributed by atoms with van der Waals surface area (Å²) in [5.74, 6) is 1.35. The van der Waals surface area contributed by atoms with E-state index in [1.165, 1.54) is 19.3 Å². The van der Waals surface area contributed by atoms with Crippen LogP contribution in [0.4, 0.5) is 0 Å². The highest BCUT2D eigenvalue weighted by atomic mass is 16.1. The van der Waals surface area contributed by atoms with Crippen LogP contribution in [0, 0.1) is 11.8 Å². The van der Waals surface area contributed by atoms with E-state index in [2.05, 4.69) is 19.2 Å². The maximum absolute atomic E-state index is 11.1. The Balaban J connectivity index is 2.42. The van der Waals surface area contributed by atoms with Crippen LogP contribution in [0.1, 0.15) is 46.5 Å². The average molecular weight is 212 g/mol. The van der Waals surface area contributed by atoms with Gasteiger partial charge in [0.25, 0.3) is 0 Å². The minimum absolute atomic E-state index is 0.143. The number of primary amides is 1. The zero-order valence-electron chi connectivity index (χ0n) is 10.1. The van der Waals surface area contributed by atoms with E-state index in [1.807, 2.05) is 6.92 Å². The molecule has 1 fully saturated rings. The van der Waals surface area contributed by atoms with Gasteiger partial charge in [0.2, 0.25) is 5.91 Å². The Morgan fingerprint density at radius 2 is 2.07 bits per heavy atom. The molecular formula is C12H24N2O. The smallest absolute Gasteiger partial charge is 0.234 e. The third kappa shape index (κ3) is 3.49. The number of carbonyl (C=O) groups is 1. The molecule has 1 aliphatic rings. The summed E-state index contributed by atoms with van der Waals surface area (Å²) in [6.45, 7) is 6.60. The minimum atomic E-state index is -0.219. The highest BCUT2D eigenvalue weighted by Crippen LogP contribution is 2.29. The summed E-state index contributed by atoms with van der Waals surface area (Å²) >= 11 is 0. The van der Waals surface area contributed by atoms with E-state index in [1.54, 1.807) is 0 Å². The monoisotopic (exact) mass is 212 g/mol. The number of rotatable bonds is 4. The fourth-order valence-electron chi connectivity index (χ4n) is 2.38. The highest BCUT2D eigenvalue weighted by Gasteiger charge is 2.26. The van der Waals surface area contributed by atoms with Crippen LogP contribution in [-0.4, -0.2) is 18.0 Å². The second kappa shape index (κ2) is 5.50. The molecule has 1 amide bonds. The molecule has 0 aromatic carbocycles. The minimum Gasteiger partial charge on any atom is -0.368 e. The van der Waals surface area contributed by atoms with Crippen molar-refractivity contribution in [3.63, 3.8) is 0 Å². The molecule has 88 valence electrons. The van der Waals surface area contributed by atoms with Gasteiger partial charge in [0, 0.05) is 6.04 Å². The third-order valence-electron chi connectivity index (χ3n) is 3.79. The van der Waals surface area contributed by atoms with Gasteiger partial charge in [-0.25, -0.2) is 0 Å². The van der Waals surface area contributed by atoms with Crippen LogP contribution in [0.3, 0.4) is 0 Å². The Hall–Kier alpha value is -0.570. The molecule has 4 atom stereocenters. The van der Waals surface area contributed by atoms with Crippen LogP contribution in [0.15, 0.2) is 0 Å². The van der Waals surface area contributed by atoms with Crippen LogP contribution in [-0.2, 0) is 4.79 Å². The van der Waals surface area contributed by atoms with Gasteiger partial charge in [0.05, 0.1) is 6.04 Å². The van der Waals surface area contributed by atoms with Crippen LogP contribution >= 0.6 is 0 Å². The fourth-order valence-corrected chi connectivity index (χ4v) is 2.38. The number of amides is 1. The summed E-state index contributed by atoms with van der Waals surface area (Å²) in [6, 6.07) is 0.337. The number of carbonyl (C=O) groups excluding carboxylic acids is 1. The second-order valence-corrected chi connectivity index (χ2v) is 4.99. The van der Waals surface area contributed by atoms with Crippen molar-refractivity contribution in [2.75, 3.05) is 0 Å². The predicted octanol–water partition coefficient (Wildman–Crippen LogP) is 1.66. The first-order valence-corrected chi connectivity index (χ1v) is 6.10. The molecule has 0 aliphatic heterocycles. The standard InChI is InChI=1S/C12H24N2O/c1-4-11(12(13)15)14-10-6-5-8(2)9(3)7-10/h8-11,14H,4-7H2,1-3H3,(H2,13,15). The van der Waals surface area contributed by atoms with E-state index in [0.717, 1.165) is 18.3 Å².